The second-order valence-electron chi connectivity index (χ2n) is 12.0. The third kappa shape index (κ3) is 8.90. The van der Waals surface area contributed by atoms with Crippen molar-refractivity contribution in [1.29, 1.82) is 0 Å². The Labute approximate surface area is 273 Å². The summed E-state index contributed by atoms with van der Waals surface area (Å²) in [6, 6.07) is 19.7. The van der Waals surface area contributed by atoms with E-state index in [-0.39, 0.29) is 30.9 Å². The molecule has 4 rings (SSSR count). The van der Waals surface area contributed by atoms with Crippen LogP contribution in [0.25, 0.3) is 10.4 Å². The quantitative estimate of drug-likeness (QED) is 0.0559. The first-order valence-corrected chi connectivity index (χ1v) is 15.5. The van der Waals surface area contributed by atoms with Gasteiger partial charge in [0.2, 0.25) is 5.90 Å². The topological polar surface area (TPSA) is 141 Å². The summed E-state index contributed by atoms with van der Waals surface area (Å²) in [5.41, 5.74) is 16.2. The molecule has 10 nitrogen and oxygen atoms in total. The van der Waals surface area contributed by atoms with Gasteiger partial charge < -0.3 is 14.6 Å². The minimum atomic E-state index is -1.52. The van der Waals surface area contributed by atoms with Gasteiger partial charge in [-0.15, -0.1) is 0 Å². The number of nitrogens with zero attached hydrogens (tertiary/aromatic N) is 4. The van der Waals surface area contributed by atoms with Gasteiger partial charge in [-0.05, 0) is 64.9 Å². The van der Waals surface area contributed by atoms with E-state index in [0.29, 0.717) is 46.5 Å². The van der Waals surface area contributed by atoms with Gasteiger partial charge in [0.05, 0.1) is 13.2 Å². The lowest BCUT2D eigenvalue weighted by molar-refractivity contribution is -0.130. The third-order valence-electron chi connectivity index (χ3n) is 7.36. The summed E-state index contributed by atoms with van der Waals surface area (Å²) < 4.78 is 12.2. The van der Waals surface area contributed by atoms with Crippen molar-refractivity contribution in [2.45, 2.75) is 58.2 Å². The highest BCUT2D eigenvalue weighted by Gasteiger charge is 2.54. The molecule has 1 amide bonds. The minimum Gasteiger partial charge on any atom is -0.494 e. The summed E-state index contributed by atoms with van der Waals surface area (Å²) in [7, 11) is 0. The van der Waals surface area contributed by atoms with Crippen LogP contribution in [0.1, 0.15) is 62.0 Å². The van der Waals surface area contributed by atoms with Gasteiger partial charge in [0.15, 0.2) is 11.6 Å². The summed E-state index contributed by atoms with van der Waals surface area (Å²) in [5, 5.41) is 13.6. The highest BCUT2D eigenvalue weighted by Crippen LogP contribution is 2.45. The van der Waals surface area contributed by atoms with Gasteiger partial charge >= 0.3 is 0 Å². The molecule has 0 saturated carbocycles. The number of aliphatic imine (C=N–C) groups is 1. The van der Waals surface area contributed by atoms with E-state index in [2.05, 4.69) is 41.6 Å². The Hall–Kier alpha value is -3.79. The fourth-order valence-electron chi connectivity index (χ4n) is 4.94. The van der Waals surface area contributed by atoms with E-state index >= 15 is 0 Å². The number of rotatable bonds is 14. The number of halogens is 2. The first-order chi connectivity index (χ1) is 21.6. The predicted octanol–water partition coefficient (Wildman–Crippen LogP) is 7.12. The molecule has 2 atom stereocenters. The minimum absolute atomic E-state index is 0.0403. The molecule has 238 valence electrons. The largest absolute Gasteiger partial charge is 0.494 e. The number of hydrazine groups is 1. The normalized spacial score (nSPS) is 17.6. The van der Waals surface area contributed by atoms with Crippen molar-refractivity contribution in [3.63, 3.8) is 0 Å². The standard InChI is InChI=1S/C33H38Cl2N6O4/c1-32(2,3)15-16-37-40-31(43)33(20-23-7-4-5-8-24(23)21-38-41-36)29(27-14-11-25(34)19-28(27)35)45-30(39-33)22-9-12-26(13-10-22)44-18-6-17-42/h4-5,7-14,19,29,37,42H,6,15-18,20-21H2,1-3H3,(H,40,43)/t29-,33-/m0/s1. The summed E-state index contributed by atoms with van der Waals surface area (Å²) in [5.74, 6) is 0.470. The first-order valence-electron chi connectivity index (χ1n) is 14.7. The van der Waals surface area contributed by atoms with Crippen molar-refractivity contribution in [2.24, 2.45) is 15.5 Å². The number of carbonyl (C=O) groups excluding carboxylic acids is 1. The Morgan fingerprint density at radius 3 is 2.53 bits per heavy atom. The van der Waals surface area contributed by atoms with Crippen molar-refractivity contribution in [2.75, 3.05) is 19.8 Å². The number of ether oxygens (including phenoxy) is 2. The molecule has 0 spiro atoms. The summed E-state index contributed by atoms with van der Waals surface area (Å²) >= 11 is 13.0. The molecule has 3 aromatic carbocycles. The molecule has 0 radical (unpaired) electrons. The number of carbonyl (C=O) groups is 1. The van der Waals surface area contributed by atoms with E-state index < -0.39 is 17.6 Å². The third-order valence-corrected chi connectivity index (χ3v) is 7.92. The fourth-order valence-corrected chi connectivity index (χ4v) is 5.45. The molecule has 3 N–H and O–H groups in total. The van der Waals surface area contributed by atoms with Crippen LogP contribution in [0.2, 0.25) is 10.0 Å². The second-order valence-corrected chi connectivity index (χ2v) is 12.8. The first kappa shape index (κ1) is 34.1. The fraction of sp³-hybridized carbons (Fsp3) is 0.394. The van der Waals surface area contributed by atoms with Crippen LogP contribution in [0.15, 0.2) is 76.8 Å². The van der Waals surface area contributed by atoms with Crippen LogP contribution in [0.4, 0.5) is 0 Å². The Bertz CT molecular complexity index is 1550. The lowest BCUT2D eigenvalue weighted by Crippen LogP contribution is -2.54. The highest BCUT2D eigenvalue weighted by atomic mass is 35.5. The van der Waals surface area contributed by atoms with E-state index in [1.165, 1.54) is 0 Å². The molecule has 0 saturated heterocycles. The lowest BCUT2D eigenvalue weighted by Gasteiger charge is -2.32. The van der Waals surface area contributed by atoms with Crippen molar-refractivity contribution in [1.82, 2.24) is 10.9 Å². The Morgan fingerprint density at radius 1 is 1.13 bits per heavy atom. The number of hydrogen-bond donors (Lipinski definition) is 3. The molecule has 1 aliphatic heterocycles. The Balaban J connectivity index is 1.81. The molecule has 0 fully saturated rings. The molecule has 0 bridgehead atoms. The van der Waals surface area contributed by atoms with Gasteiger partial charge in [-0.2, -0.15) is 0 Å². The number of azide groups is 1. The summed E-state index contributed by atoms with van der Waals surface area (Å²) in [6.07, 6.45) is 0.518. The average molecular weight is 654 g/mol. The Kier molecular flexibility index (Phi) is 11.7. The van der Waals surface area contributed by atoms with Gasteiger partial charge in [0.1, 0.15) is 5.75 Å². The van der Waals surface area contributed by atoms with E-state index in [1.54, 1.807) is 42.5 Å². The van der Waals surface area contributed by atoms with E-state index in [1.807, 2.05) is 24.3 Å². The zero-order valence-corrected chi connectivity index (χ0v) is 27.1. The smallest absolute Gasteiger partial charge is 0.266 e. The van der Waals surface area contributed by atoms with Gasteiger partial charge in [-0.3, -0.25) is 10.2 Å². The number of aliphatic hydroxyl groups is 1. The molecule has 1 aliphatic rings. The summed E-state index contributed by atoms with van der Waals surface area (Å²) in [6.45, 7) is 7.45. The zero-order chi connectivity index (χ0) is 32.5. The highest BCUT2D eigenvalue weighted by molar-refractivity contribution is 6.35. The molecular weight excluding hydrogens is 615 g/mol. The maximum atomic E-state index is 14.4. The predicted molar refractivity (Wildman–Crippen MR) is 176 cm³/mol. The van der Waals surface area contributed by atoms with Crippen LogP contribution in [0.5, 0.6) is 5.75 Å². The molecule has 1 heterocycles. The maximum Gasteiger partial charge on any atom is 0.266 e. The van der Waals surface area contributed by atoms with E-state index in [4.69, 9.17) is 48.3 Å². The molecule has 0 unspecified atom stereocenters. The van der Waals surface area contributed by atoms with Crippen molar-refractivity contribution in [3.8, 4) is 5.75 Å². The van der Waals surface area contributed by atoms with Crippen LogP contribution >= 0.6 is 23.2 Å². The van der Waals surface area contributed by atoms with Crippen LogP contribution < -0.4 is 15.6 Å². The number of nitrogens with one attached hydrogen (secondary N) is 2. The van der Waals surface area contributed by atoms with Crippen molar-refractivity contribution >= 4 is 35.0 Å². The maximum absolute atomic E-state index is 14.4. The molecule has 3 aromatic rings. The van der Waals surface area contributed by atoms with Crippen LogP contribution in [-0.2, 0) is 22.5 Å². The van der Waals surface area contributed by atoms with E-state index in [0.717, 1.165) is 17.5 Å². The lowest BCUT2D eigenvalue weighted by atomic mass is 9.81. The van der Waals surface area contributed by atoms with Crippen molar-refractivity contribution < 1.29 is 19.4 Å². The van der Waals surface area contributed by atoms with Gasteiger partial charge in [0, 0.05) is 52.1 Å². The number of hydrogen-bond acceptors (Lipinski definition) is 7. The van der Waals surface area contributed by atoms with Gasteiger partial charge in [-0.25, -0.2) is 10.4 Å². The number of aliphatic hydroxyl groups excluding tert-OH is 1. The SMILES string of the molecule is CC(C)(C)CCNNC(=O)[C@@]1(Cc2ccccc2CN=[N+]=[N-])N=C(c2ccc(OCCCO)cc2)O[C@H]1c1ccc(Cl)cc1Cl. The molecular formula is C33H38Cl2N6O4. The van der Waals surface area contributed by atoms with Crippen LogP contribution in [0.3, 0.4) is 0 Å². The summed E-state index contributed by atoms with van der Waals surface area (Å²) in [4.78, 5) is 22.4. The van der Waals surface area contributed by atoms with Crippen LogP contribution in [0, 0.1) is 5.41 Å². The monoisotopic (exact) mass is 652 g/mol. The molecule has 45 heavy (non-hydrogen) atoms. The number of amides is 1. The van der Waals surface area contributed by atoms with E-state index in [9.17, 15) is 4.79 Å². The van der Waals surface area contributed by atoms with Crippen LogP contribution in [-0.4, -0.2) is 42.2 Å². The Morgan fingerprint density at radius 2 is 1.87 bits per heavy atom. The van der Waals surface area contributed by atoms with Crippen molar-refractivity contribution in [3.05, 3.63) is 109 Å². The molecule has 0 aliphatic carbocycles. The number of benzene rings is 3. The average Bonchev–Trinajstić information content (AvgIpc) is 3.39. The molecule has 12 heteroatoms. The second kappa shape index (κ2) is 15.5. The zero-order valence-electron chi connectivity index (χ0n) is 25.6. The van der Waals surface area contributed by atoms with Gasteiger partial charge in [-0.1, -0.05) is 79.4 Å². The van der Waals surface area contributed by atoms with Gasteiger partial charge in [0.25, 0.3) is 5.91 Å². The molecule has 0 aromatic heterocycles.